The summed E-state index contributed by atoms with van der Waals surface area (Å²) in [4.78, 5) is 28.5. The number of carbonyl (C=O) groups is 2. The number of anilines is 1. The minimum absolute atomic E-state index is 0.0907. The molecule has 1 amide bonds. The monoisotopic (exact) mass is 333 g/mol. The van der Waals surface area contributed by atoms with Gasteiger partial charge in [0.15, 0.2) is 5.82 Å². The van der Waals surface area contributed by atoms with Crippen LogP contribution in [-0.4, -0.2) is 21.2 Å². The van der Waals surface area contributed by atoms with Crippen molar-refractivity contribution in [2.75, 3.05) is 5.32 Å². The standard InChI is InChI=1S/C20H19N3O2/c1-14-3-5-15(6-4-14)13-18(24)22-17-9-7-16(8-10-17)19(25)20-21-11-12-23(20)2/h3-12H,13H2,1-2H3,(H,22,24). The molecule has 5 heteroatoms. The SMILES string of the molecule is Cc1ccc(CC(=O)Nc2ccc(C(=O)c3nccn3C)cc2)cc1. The molecule has 0 aliphatic carbocycles. The summed E-state index contributed by atoms with van der Waals surface area (Å²) in [6.07, 6.45) is 3.63. The lowest BCUT2D eigenvalue weighted by atomic mass is 10.1. The van der Waals surface area contributed by atoms with Gasteiger partial charge in [0.25, 0.3) is 0 Å². The van der Waals surface area contributed by atoms with E-state index in [4.69, 9.17) is 0 Å². The molecule has 5 nitrogen and oxygen atoms in total. The first-order valence-electron chi connectivity index (χ1n) is 8.00. The minimum Gasteiger partial charge on any atom is -0.331 e. The molecule has 1 N–H and O–H groups in total. The fraction of sp³-hybridized carbons (Fsp3) is 0.150. The molecule has 0 saturated heterocycles. The lowest BCUT2D eigenvalue weighted by Gasteiger charge is -2.07. The quantitative estimate of drug-likeness (QED) is 0.730. The molecule has 2 aromatic carbocycles. The molecule has 126 valence electrons. The van der Waals surface area contributed by atoms with Crippen LogP contribution in [0.3, 0.4) is 0 Å². The molecule has 3 aromatic rings. The number of aromatic nitrogens is 2. The Morgan fingerprint density at radius 2 is 1.72 bits per heavy atom. The van der Waals surface area contributed by atoms with Crippen LogP contribution in [0.5, 0.6) is 0 Å². The van der Waals surface area contributed by atoms with E-state index in [1.165, 1.54) is 0 Å². The summed E-state index contributed by atoms with van der Waals surface area (Å²) < 4.78 is 1.68. The van der Waals surface area contributed by atoms with Crippen LogP contribution in [-0.2, 0) is 18.3 Å². The van der Waals surface area contributed by atoms with E-state index >= 15 is 0 Å². The van der Waals surface area contributed by atoms with E-state index in [2.05, 4.69) is 10.3 Å². The van der Waals surface area contributed by atoms with E-state index in [-0.39, 0.29) is 11.7 Å². The maximum absolute atomic E-state index is 12.4. The molecule has 0 spiro atoms. The van der Waals surface area contributed by atoms with Crippen molar-refractivity contribution in [2.24, 2.45) is 7.05 Å². The van der Waals surface area contributed by atoms with Crippen molar-refractivity contribution in [3.63, 3.8) is 0 Å². The lowest BCUT2D eigenvalue weighted by Crippen LogP contribution is -2.14. The Hall–Kier alpha value is -3.21. The normalized spacial score (nSPS) is 10.5. The van der Waals surface area contributed by atoms with Crippen molar-refractivity contribution in [1.29, 1.82) is 0 Å². The molecule has 0 radical (unpaired) electrons. The summed E-state index contributed by atoms with van der Waals surface area (Å²) in [6.45, 7) is 2.01. The second kappa shape index (κ2) is 7.13. The Morgan fingerprint density at radius 1 is 1.04 bits per heavy atom. The van der Waals surface area contributed by atoms with E-state index in [1.807, 2.05) is 31.2 Å². The molecule has 0 aliphatic heterocycles. The molecule has 25 heavy (non-hydrogen) atoms. The van der Waals surface area contributed by atoms with Crippen LogP contribution in [0.1, 0.15) is 27.3 Å². The van der Waals surface area contributed by atoms with Crippen molar-refractivity contribution in [1.82, 2.24) is 9.55 Å². The smallest absolute Gasteiger partial charge is 0.228 e. The van der Waals surface area contributed by atoms with Gasteiger partial charge in [0, 0.05) is 30.7 Å². The van der Waals surface area contributed by atoms with Crippen molar-refractivity contribution in [3.8, 4) is 0 Å². The number of rotatable bonds is 5. The van der Waals surface area contributed by atoms with Crippen molar-refractivity contribution in [3.05, 3.63) is 83.4 Å². The van der Waals surface area contributed by atoms with Crippen LogP contribution < -0.4 is 5.32 Å². The largest absolute Gasteiger partial charge is 0.331 e. The van der Waals surface area contributed by atoms with Gasteiger partial charge in [-0.25, -0.2) is 4.98 Å². The molecule has 0 atom stereocenters. The topological polar surface area (TPSA) is 64.0 Å². The molecule has 0 saturated carbocycles. The van der Waals surface area contributed by atoms with Crippen molar-refractivity contribution >= 4 is 17.4 Å². The minimum atomic E-state index is -0.148. The summed E-state index contributed by atoms with van der Waals surface area (Å²) in [7, 11) is 1.78. The number of hydrogen-bond acceptors (Lipinski definition) is 3. The zero-order valence-electron chi connectivity index (χ0n) is 14.2. The van der Waals surface area contributed by atoms with Gasteiger partial charge in [-0.2, -0.15) is 0 Å². The fourth-order valence-corrected chi connectivity index (χ4v) is 2.51. The Bertz CT molecular complexity index is 893. The van der Waals surface area contributed by atoms with Crippen molar-refractivity contribution in [2.45, 2.75) is 13.3 Å². The van der Waals surface area contributed by atoms with Crippen LogP contribution in [0.4, 0.5) is 5.69 Å². The van der Waals surface area contributed by atoms with Gasteiger partial charge < -0.3 is 9.88 Å². The molecule has 0 aliphatic rings. The number of benzene rings is 2. The van der Waals surface area contributed by atoms with E-state index in [9.17, 15) is 9.59 Å². The Balaban J connectivity index is 1.64. The summed E-state index contributed by atoms with van der Waals surface area (Å²) >= 11 is 0. The number of imidazole rings is 1. The van der Waals surface area contributed by atoms with E-state index in [0.29, 0.717) is 23.5 Å². The molecule has 0 fully saturated rings. The number of hydrogen-bond donors (Lipinski definition) is 1. The number of amides is 1. The van der Waals surface area contributed by atoms with Gasteiger partial charge in [-0.3, -0.25) is 9.59 Å². The van der Waals surface area contributed by atoms with Crippen LogP contribution in [0.25, 0.3) is 0 Å². The molecular weight excluding hydrogens is 314 g/mol. The van der Waals surface area contributed by atoms with Crippen molar-refractivity contribution < 1.29 is 9.59 Å². The van der Waals surface area contributed by atoms with Gasteiger partial charge in [0.05, 0.1) is 6.42 Å². The van der Waals surface area contributed by atoms with Crippen LogP contribution >= 0.6 is 0 Å². The van der Waals surface area contributed by atoms with Crippen LogP contribution in [0.2, 0.25) is 0 Å². The first kappa shape index (κ1) is 16.6. The van der Waals surface area contributed by atoms with E-state index in [0.717, 1.165) is 11.1 Å². The molecule has 3 rings (SSSR count). The first-order chi connectivity index (χ1) is 12.0. The maximum atomic E-state index is 12.4. The summed E-state index contributed by atoms with van der Waals surface area (Å²) in [5, 5.41) is 2.85. The first-order valence-corrected chi connectivity index (χ1v) is 8.00. The number of nitrogens with one attached hydrogen (secondary N) is 1. The van der Waals surface area contributed by atoms with Gasteiger partial charge in [-0.05, 0) is 36.8 Å². The average Bonchev–Trinajstić information content (AvgIpc) is 3.03. The van der Waals surface area contributed by atoms with E-state index < -0.39 is 0 Å². The summed E-state index contributed by atoms with van der Waals surface area (Å²) in [6, 6.07) is 14.7. The van der Waals surface area contributed by atoms with Gasteiger partial charge in [0.2, 0.25) is 11.7 Å². The second-order valence-corrected chi connectivity index (χ2v) is 5.98. The number of ketones is 1. The zero-order valence-corrected chi connectivity index (χ0v) is 14.2. The number of nitrogens with zero attached hydrogens (tertiary/aromatic N) is 2. The third-order valence-electron chi connectivity index (χ3n) is 3.94. The molecular formula is C20H19N3O2. The highest BCUT2D eigenvalue weighted by Gasteiger charge is 2.13. The molecule has 1 heterocycles. The Labute approximate surface area is 146 Å². The lowest BCUT2D eigenvalue weighted by molar-refractivity contribution is -0.115. The Morgan fingerprint density at radius 3 is 2.32 bits per heavy atom. The average molecular weight is 333 g/mol. The highest BCUT2D eigenvalue weighted by molar-refractivity contribution is 6.07. The highest BCUT2D eigenvalue weighted by atomic mass is 16.1. The third-order valence-corrected chi connectivity index (χ3v) is 3.94. The summed E-state index contributed by atoms with van der Waals surface area (Å²) in [5.74, 6) is 0.146. The van der Waals surface area contributed by atoms with E-state index in [1.54, 1.807) is 48.3 Å². The molecule has 1 aromatic heterocycles. The number of aryl methyl sites for hydroxylation is 2. The summed E-state index contributed by atoms with van der Waals surface area (Å²) in [5.41, 5.74) is 3.32. The van der Waals surface area contributed by atoms with Gasteiger partial charge in [-0.1, -0.05) is 29.8 Å². The van der Waals surface area contributed by atoms with Gasteiger partial charge in [0.1, 0.15) is 0 Å². The maximum Gasteiger partial charge on any atom is 0.228 e. The molecule has 0 bridgehead atoms. The fourth-order valence-electron chi connectivity index (χ4n) is 2.51. The Kier molecular flexibility index (Phi) is 4.75. The predicted octanol–water partition coefficient (Wildman–Crippen LogP) is 3.14. The van der Waals surface area contributed by atoms with Crippen LogP contribution in [0.15, 0.2) is 60.9 Å². The predicted molar refractivity (Wildman–Crippen MR) is 96.6 cm³/mol. The van der Waals surface area contributed by atoms with Gasteiger partial charge in [-0.15, -0.1) is 0 Å². The highest BCUT2D eigenvalue weighted by Crippen LogP contribution is 2.14. The zero-order chi connectivity index (χ0) is 17.8. The van der Waals surface area contributed by atoms with Gasteiger partial charge >= 0.3 is 0 Å². The van der Waals surface area contributed by atoms with Crippen LogP contribution in [0, 0.1) is 6.92 Å². The number of carbonyl (C=O) groups excluding carboxylic acids is 2. The second-order valence-electron chi connectivity index (χ2n) is 5.98. The molecule has 0 unspecified atom stereocenters. The third kappa shape index (κ3) is 4.01.